The monoisotopic (exact) mass is 273 g/mol. The van der Waals surface area contributed by atoms with Gasteiger partial charge in [0.25, 0.3) is 0 Å². The fraction of sp³-hybridized carbons (Fsp3) is 0.333. The number of pyridine rings is 1. The van der Waals surface area contributed by atoms with Crippen LogP contribution < -0.4 is 5.32 Å². The standard InChI is InChI=1S/C15H19N3O2/c1-10(18(2)3)9-16-14-12(15(19)20)8-11-6-4-5-7-13(11)17-14/h4-8,10H,9H2,1-3H3,(H,16,17)(H,19,20). The van der Waals surface area contributed by atoms with Gasteiger partial charge < -0.3 is 15.3 Å². The molecule has 0 aliphatic carbocycles. The summed E-state index contributed by atoms with van der Waals surface area (Å²) in [4.78, 5) is 17.8. The number of benzene rings is 1. The van der Waals surface area contributed by atoms with Crippen LogP contribution in [0.3, 0.4) is 0 Å². The molecule has 0 aliphatic rings. The van der Waals surface area contributed by atoms with Gasteiger partial charge in [-0.1, -0.05) is 18.2 Å². The zero-order chi connectivity index (χ0) is 14.7. The first-order chi connectivity index (χ1) is 9.49. The van der Waals surface area contributed by atoms with Crippen molar-refractivity contribution in [1.29, 1.82) is 0 Å². The Morgan fingerprint density at radius 3 is 2.75 bits per heavy atom. The number of carbonyl (C=O) groups is 1. The Kier molecular flexibility index (Phi) is 4.20. The van der Waals surface area contributed by atoms with Crippen molar-refractivity contribution in [1.82, 2.24) is 9.88 Å². The predicted octanol–water partition coefficient (Wildman–Crippen LogP) is 2.29. The van der Waals surface area contributed by atoms with Crippen molar-refractivity contribution in [2.45, 2.75) is 13.0 Å². The Morgan fingerprint density at radius 1 is 1.40 bits per heavy atom. The molecule has 5 heteroatoms. The maximum atomic E-state index is 11.4. The number of para-hydroxylation sites is 1. The molecule has 20 heavy (non-hydrogen) atoms. The second kappa shape index (κ2) is 5.88. The van der Waals surface area contributed by atoms with Crippen molar-refractivity contribution in [2.75, 3.05) is 26.0 Å². The van der Waals surface area contributed by atoms with E-state index in [-0.39, 0.29) is 11.6 Å². The number of rotatable bonds is 5. The predicted molar refractivity (Wildman–Crippen MR) is 80.3 cm³/mol. The Hall–Kier alpha value is -2.14. The summed E-state index contributed by atoms with van der Waals surface area (Å²) in [5.41, 5.74) is 0.993. The summed E-state index contributed by atoms with van der Waals surface area (Å²) in [6.45, 7) is 2.70. The number of aromatic carboxylic acids is 1. The minimum Gasteiger partial charge on any atom is -0.478 e. The molecule has 2 aromatic rings. The number of carboxylic acids is 1. The molecule has 0 saturated heterocycles. The molecule has 1 atom stereocenters. The van der Waals surface area contributed by atoms with Crippen LogP contribution in [0.4, 0.5) is 5.82 Å². The molecule has 0 amide bonds. The van der Waals surface area contributed by atoms with E-state index < -0.39 is 5.97 Å². The third-order valence-corrected chi connectivity index (χ3v) is 3.40. The average Bonchev–Trinajstić information content (AvgIpc) is 2.43. The Balaban J connectivity index is 2.34. The van der Waals surface area contributed by atoms with Crippen molar-refractivity contribution in [3.05, 3.63) is 35.9 Å². The highest BCUT2D eigenvalue weighted by molar-refractivity contribution is 5.98. The third kappa shape index (κ3) is 3.05. The van der Waals surface area contributed by atoms with Crippen LogP contribution >= 0.6 is 0 Å². The number of fused-ring (bicyclic) bond motifs is 1. The van der Waals surface area contributed by atoms with Crippen LogP contribution in [0.5, 0.6) is 0 Å². The molecule has 0 bridgehead atoms. The zero-order valence-corrected chi connectivity index (χ0v) is 11.9. The van der Waals surface area contributed by atoms with E-state index in [1.807, 2.05) is 38.4 Å². The summed E-state index contributed by atoms with van der Waals surface area (Å²) in [5.74, 6) is -0.548. The highest BCUT2D eigenvalue weighted by Crippen LogP contribution is 2.20. The van der Waals surface area contributed by atoms with Crippen molar-refractivity contribution < 1.29 is 9.90 Å². The number of carboxylic acid groups (broad SMARTS) is 1. The van der Waals surface area contributed by atoms with E-state index in [0.29, 0.717) is 12.4 Å². The minimum absolute atomic E-state index is 0.203. The third-order valence-electron chi connectivity index (χ3n) is 3.40. The molecule has 2 N–H and O–H groups in total. The first-order valence-electron chi connectivity index (χ1n) is 6.52. The molecular weight excluding hydrogens is 254 g/mol. The number of hydrogen-bond acceptors (Lipinski definition) is 4. The summed E-state index contributed by atoms with van der Waals surface area (Å²) in [7, 11) is 3.97. The second-order valence-corrected chi connectivity index (χ2v) is 5.08. The zero-order valence-electron chi connectivity index (χ0n) is 11.9. The summed E-state index contributed by atoms with van der Waals surface area (Å²) in [5, 5.41) is 13.3. The van der Waals surface area contributed by atoms with Gasteiger partial charge in [0.1, 0.15) is 11.4 Å². The van der Waals surface area contributed by atoms with Crippen LogP contribution in [-0.4, -0.2) is 47.6 Å². The average molecular weight is 273 g/mol. The lowest BCUT2D eigenvalue weighted by molar-refractivity contribution is 0.0697. The number of likely N-dealkylation sites (N-methyl/N-ethyl adjacent to an activating group) is 1. The van der Waals surface area contributed by atoms with E-state index >= 15 is 0 Å². The summed E-state index contributed by atoms with van der Waals surface area (Å²) in [6, 6.07) is 9.44. The van der Waals surface area contributed by atoms with Gasteiger partial charge in [-0.15, -0.1) is 0 Å². The number of aromatic nitrogens is 1. The van der Waals surface area contributed by atoms with Crippen molar-refractivity contribution in [3.8, 4) is 0 Å². The Bertz CT molecular complexity index is 626. The van der Waals surface area contributed by atoms with Gasteiger partial charge in [0.2, 0.25) is 0 Å². The SMILES string of the molecule is CC(CNc1nc2ccccc2cc1C(=O)O)N(C)C. The quantitative estimate of drug-likeness (QED) is 0.875. The minimum atomic E-state index is -0.969. The van der Waals surface area contributed by atoms with E-state index in [0.717, 1.165) is 10.9 Å². The van der Waals surface area contributed by atoms with Crippen LogP contribution in [0, 0.1) is 0 Å². The molecule has 2 rings (SSSR count). The van der Waals surface area contributed by atoms with Crippen molar-refractivity contribution in [2.24, 2.45) is 0 Å². The van der Waals surface area contributed by atoms with E-state index in [1.54, 1.807) is 6.07 Å². The van der Waals surface area contributed by atoms with Gasteiger partial charge >= 0.3 is 5.97 Å². The first-order valence-corrected chi connectivity index (χ1v) is 6.52. The summed E-state index contributed by atoms with van der Waals surface area (Å²) in [6.07, 6.45) is 0. The van der Waals surface area contributed by atoms with E-state index in [4.69, 9.17) is 0 Å². The number of nitrogens with one attached hydrogen (secondary N) is 1. The molecule has 0 aliphatic heterocycles. The van der Waals surface area contributed by atoms with Gasteiger partial charge in [0.15, 0.2) is 0 Å². The van der Waals surface area contributed by atoms with Crippen LogP contribution in [0.2, 0.25) is 0 Å². The number of hydrogen-bond donors (Lipinski definition) is 2. The smallest absolute Gasteiger partial charge is 0.339 e. The van der Waals surface area contributed by atoms with Gasteiger partial charge in [-0.25, -0.2) is 9.78 Å². The summed E-state index contributed by atoms with van der Waals surface area (Å²) < 4.78 is 0. The van der Waals surface area contributed by atoms with Crippen LogP contribution in [0.15, 0.2) is 30.3 Å². The van der Waals surface area contributed by atoms with Gasteiger partial charge in [-0.3, -0.25) is 0 Å². The van der Waals surface area contributed by atoms with Gasteiger partial charge in [-0.05, 0) is 33.2 Å². The molecule has 1 unspecified atom stereocenters. The normalized spacial score (nSPS) is 12.6. The molecule has 1 aromatic carbocycles. The fourth-order valence-corrected chi connectivity index (χ4v) is 1.84. The second-order valence-electron chi connectivity index (χ2n) is 5.08. The van der Waals surface area contributed by atoms with Gasteiger partial charge in [0.05, 0.1) is 5.52 Å². The highest BCUT2D eigenvalue weighted by Gasteiger charge is 2.14. The maximum absolute atomic E-state index is 11.4. The molecule has 5 nitrogen and oxygen atoms in total. The molecular formula is C15H19N3O2. The molecule has 0 spiro atoms. The Labute approximate surface area is 118 Å². The van der Waals surface area contributed by atoms with Crippen LogP contribution in [0.25, 0.3) is 10.9 Å². The van der Waals surface area contributed by atoms with Gasteiger partial charge in [0, 0.05) is 18.0 Å². The Morgan fingerprint density at radius 2 is 2.10 bits per heavy atom. The molecule has 0 saturated carbocycles. The molecule has 106 valence electrons. The van der Waals surface area contributed by atoms with E-state index in [9.17, 15) is 9.90 Å². The molecule has 1 heterocycles. The van der Waals surface area contributed by atoms with Gasteiger partial charge in [-0.2, -0.15) is 0 Å². The lowest BCUT2D eigenvalue weighted by Crippen LogP contribution is -2.32. The van der Waals surface area contributed by atoms with Crippen molar-refractivity contribution in [3.63, 3.8) is 0 Å². The molecule has 0 fully saturated rings. The maximum Gasteiger partial charge on any atom is 0.339 e. The molecule has 1 aromatic heterocycles. The number of nitrogens with zero attached hydrogens (tertiary/aromatic N) is 2. The van der Waals surface area contributed by atoms with E-state index in [2.05, 4.69) is 22.1 Å². The van der Waals surface area contributed by atoms with Crippen LogP contribution in [-0.2, 0) is 0 Å². The molecule has 0 radical (unpaired) electrons. The lowest BCUT2D eigenvalue weighted by atomic mass is 10.1. The summed E-state index contributed by atoms with van der Waals surface area (Å²) >= 11 is 0. The number of anilines is 1. The largest absolute Gasteiger partial charge is 0.478 e. The van der Waals surface area contributed by atoms with Crippen molar-refractivity contribution >= 4 is 22.7 Å². The lowest BCUT2D eigenvalue weighted by Gasteiger charge is -2.21. The fourth-order valence-electron chi connectivity index (χ4n) is 1.84. The van der Waals surface area contributed by atoms with E-state index in [1.165, 1.54) is 0 Å². The van der Waals surface area contributed by atoms with Crippen LogP contribution in [0.1, 0.15) is 17.3 Å². The highest BCUT2D eigenvalue weighted by atomic mass is 16.4. The topological polar surface area (TPSA) is 65.5 Å². The first kappa shape index (κ1) is 14.3.